The van der Waals surface area contributed by atoms with Crippen molar-refractivity contribution >= 4 is 0 Å². The smallest absolute Gasteiger partial charge is 0.0695 e. The van der Waals surface area contributed by atoms with Crippen molar-refractivity contribution in [2.24, 2.45) is 5.92 Å². The molecule has 0 amide bonds. The van der Waals surface area contributed by atoms with Gasteiger partial charge in [-0.3, -0.25) is 0 Å². The van der Waals surface area contributed by atoms with Crippen LogP contribution < -0.4 is 5.32 Å². The van der Waals surface area contributed by atoms with Crippen molar-refractivity contribution in [3.8, 4) is 0 Å². The van der Waals surface area contributed by atoms with E-state index in [1.165, 1.54) is 32.1 Å². The van der Waals surface area contributed by atoms with Crippen LogP contribution in [0.1, 0.15) is 38.5 Å². The second-order valence-electron chi connectivity index (χ2n) is 4.30. The van der Waals surface area contributed by atoms with Crippen LogP contribution in [0.3, 0.4) is 0 Å². The van der Waals surface area contributed by atoms with Crippen LogP contribution in [0, 0.1) is 5.92 Å². The third kappa shape index (κ3) is 1.80. The summed E-state index contributed by atoms with van der Waals surface area (Å²) in [6.45, 7) is 1.10. The molecule has 1 heterocycles. The van der Waals surface area contributed by atoms with E-state index >= 15 is 0 Å². The Morgan fingerprint density at radius 2 is 2.08 bits per heavy atom. The summed E-state index contributed by atoms with van der Waals surface area (Å²) in [5, 5.41) is 13.2. The van der Waals surface area contributed by atoms with Crippen molar-refractivity contribution in [3.05, 3.63) is 0 Å². The van der Waals surface area contributed by atoms with Crippen LogP contribution >= 0.6 is 0 Å². The molecule has 2 heteroatoms. The Hall–Kier alpha value is -0.0800. The average Bonchev–Trinajstić information content (AvgIpc) is 2.47. The summed E-state index contributed by atoms with van der Waals surface area (Å²) in [5.74, 6) is 0.836. The van der Waals surface area contributed by atoms with Crippen LogP contribution in [-0.2, 0) is 0 Å². The molecule has 0 spiro atoms. The summed E-state index contributed by atoms with van der Waals surface area (Å²) >= 11 is 0. The number of hydrogen-bond donors (Lipinski definition) is 2. The normalized spacial score (nSPS) is 33.2. The topological polar surface area (TPSA) is 32.3 Å². The quantitative estimate of drug-likeness (QED) is 0.667. The predicted molar refractivity (Wildman–Crippen MR) is 49.0 cm³/mol. The molecule has 1 saturated carbocycles. The molecule has 2 rings (SSSR count). The van der Waals surface area contributed by atoms with Crippen molar-refractivity contribution in [1.29, 1.82) is 0 Å². The van der Waals surface area contributed by atoms with Gasteiger partial charge in [-0.05, 0) is 31.7 Å². The zero-order valence-electron chi connectivity index (χ0n) is 7.63. The lowest BCUT2D eigenvalue weighted by atomic mass is 9.80. The minimum absolute atomic E-state index is 0.0715. The summed E-state index contributed by atoms with van der Waals surface area (Å²) < 4.78 is 0. The molecule has 1 unspecified atom stereocenters. The maximum atomic E-state index is 9.82. The molecule has 12 heavy (non-hydrogen) atoms. The van der Waals surface area contributed by atoms with Gasteiger partial charge in [0, 0.05) is 6.04 Å². The van der Waals surface area contributed by atoms with Gasteiger partial charge >= 0.3 is 0 Å². The highest BCUT2D eigenvalue weighted by atomic mass is 16.3. The molecule has 2 N–H and O–H groups in total. The first-order valence-electron chi connectivity index (χ1n) is 5.28. The van der Waals surface area contributed by atoms with Gasteiger partial charge in [0.2, 0.25) is 0 Å². The summed E-state index contributed by atoms with van der Waals surface area (Å²) in [6, 6.07) is 0.408. The molecule has 2 fully saturated rings. The van der Waals surface area contributed by atoms with Crippen LogP contribution in [0.15, 0.2) is 0 Å². The minimum Gasteiger partial charge on any atom is -0.391 e. The maximum absolute atomic E-state index is 9.82. The maximum Gasteiger partial charge on any atom is 0.0695 e. The molecule has 1 aliphatic carbocycles. The SMILES string of the molecule is OC(CC1CCC1)[C@H]1CCCN1. The molecule has 2 atom stereocenters. The van der Waals surface area contributed by atoms with Gasteiger partial charge in [0.05, 0.1) is 6.10 Å². The van der Waals surface area contributed by atoms with E-state index in [2.05, 4.69) is 5.32 Å². The molecular formula is C10H19NO. The van der Waals surface area contributed by atoms with Crippen LogP contribution in [0.2, 0.25) is 0 Å². The third-order valence-corrected chi connectivity index (χ3v) is 3.36. The van der Waals surface area contributed by atoms with E-state index in [0.717, 1.165) is 18.9 Å². The van der Waals surface area contributed by atoms with E-state index in [0.29, 0.717) is 6.04 Å². The van der Waals surface area contributed by atoms with Gasteiger partial charge in [-0.2, -0.15) is 0 Å². The van der Waals surface area contributed by atoms with Gasteiger partial charge in [0.25, 0.3) is 0 Å². The lowest BCUT2D eigenvalue weighted by Crippen LogP contribution is -2.36. The van der Waals surface area contributed by atoms with Crippen molar-refractivity contribution < 1.29 is 5.11 Å². The summed E-state index contributed by atoms with van der Waals surface area (Å²) in [6.07, 6.45) is 7.47. The Kier molecular flexibility index (Phi) is 2.66. The number of rotatable bonds is 3. The second kappa shape index (κ2) is 3.75. The predicted octanol–water partition coefficient (Wildman–Crippen LogP) is 1.29. The number of aliphatic hydroxyl groups is 1. The minimum atomic E-state index is -0.0715. The van der Waals surface area contributed by atoms with E-state index in [9.17, 15) is 5.11 Å². The fraction of sp³-hybridized carbons (Fsp3) is 1.00. The molecule has 0 aromatic carbocycles. The van der Waals surface area contributed by atoms with E-state index in [1.54, 1.807) is 0 Å². The van der Waals surface area contributed by atoms with Gasteiger partial charge in [0.1, 0.15) is 0 Å². The van der Waals surface area contributed by atoms with Gasteiger partial charge in [-0.25, -0.2) is 0 Å². The summed E-state index contributed by atoms with van der Waals surface area (Å²) in [4.78, 5) is 0. The number of hydrogen-bond acceptors (Lipinski definition) is 2. The monoisotopic (exact) mass is 169 g/mol. The first-order chi connectivity index (χ1) is 5.86. The molecule has 2 aliphatic rings. The highest BCUT2D eigenvalue weighted by molar-refractivity contribution is 4.84. The molecule has 1 aliphatic heterocycles. The fourth-order valence-electron chi connectivity index (χ4n) is 2.27. The summed E-state index contributed by atoms with van der Waals surface area (Å²) in [5.41, 5.74) is 0. The Bertz CT molecular complexity index is 139. The lowest BCUT2D eigenvalue weighted by Gasteiger charge is -2.29. The van der Waals surface area contributed by atoms with Gasteiger partial charge in [-0.1, -0.05) is 19.3 Å². The molecule has 0 bridgehead atoms. The third-order valence-electron chi connectivity index (χ3n) is 3.36. The van der Waals surface area contributed by atoms with Crippen molar-refractivity contribution in [3.63, 3.8) is 0 Å². The van der Waals surface area contributed by atoms with Crippen molar-refractivity contribution in [2.75, 3.05) is 6.54 Å². The molecule has 0 aromatic rings. The second-order valence-corrected chi connectivity index (χ2v) is 4.30. The lowest BCUT2D eigenvalue weighted by molar-refractivity contribution is 0.0883. The highest BCUT2D eigenvalue weighted by Gasteiger charge is 2.27. The largest absolute Gasteiger partial charge is 0.391 e. The van der Waals surface area contributed by atoms with Crippen LogP contribution in [0.5, 0.6) is 0 Å². The van der Waals surface area contributed by atoms with E-state index in [-0.39, 0.29) is 6.10 Å². The molecule has 70 valence electrons. The molecule has 0 radical (unpaired) electrons. The van der Waals surface area contributed by atoms with E-state index in [1.807, 2.05) is 0 Å². The Morgan fingerprint density at radius 3 is 2.58 bits per heavy atom. The zero-order chi connectivity index (χ0) is 8.39. The average molecular weight is 169 g/mol. The van der Waals surface area contributed by atoms with Gasteiger partial charge in [-0.15, -0.1) is 0 Å². The first kappa shape index (κ1) is 8.52. The number of aliphatic hydroxyl groups excluding tert-OH is 1. The number of nitrogens with one attached hydrogen (secondary N) is 1. The standard InChI is InChI=1S/C10H19NO/c12-10(7-8-3-1-4-8)9-5-2-6-11-9/h8-12H,1-7H2/t9-,10?/m1/s1. The highest BCUT2D eigenvalue weighted by Crippen LogP contribution is 2.31. The first-order valence-corrected chi connectivity index (χ1v) is 5.28. The Labute approximate surface area is 74.4 Å². The fourth-order valence-corrected chi connectivity index (χ4v) is 2.27. The Balaban J connectivity index is 1.71. The zero-order valence-corrected chi connectivity index (χ0v) is 7.63. The van der Waals surface area contributed by atoms with Gasteiger partial charge in [0.15, 0.2) is 0 Å². The molecule has 2 nitrogen and oxygen atoms in total. The van der Waals surface area contributed by atoms with Gasteiger partial charge < -0.3 is 10.4 Å². The van der Waals surface area contributed by atoms with Crippen LogP contribution in [0.25, 0.3) is 0 Å². The van der Waals surface area contributed by atoms with E-state index in [4.69, 9.17) is 0 Å². The van der Waals surface area contributed by atoms with E-state index < -0.39 is 0 Å². The molecular weight excluding hydrogens is 150 g/mol. The van der Waals surface area contributed by atoms with Crippen molar-refractivity contribution in [1.82, 2.24) is 5.32 Å². The van der Waals surface area contributed by atoms with Crippen LogP contribution in [-0.4, -0.2) is 23.8 Å². The Morgan fingerprint density at radius 1 is 1.25 bits per heavy atom. The molecule has 0 aromatic heterocycles. The van der Waals surface area contributed by atoms with Crippen LogP contribution in [0.4, 0.5) is 0 Å². The van der Waals surface area contributed by atoms with Crippen molar-refractivity contribution in [2.45, 2.75) is 50.7 Å². The summed E-state index contributed by atoms with van der Waals surface area (Å²) in [7, 11) is 0. The molecule has 1 saturated heterocycles.